The van der Waals surface area contributed by atoms with E-state index in [1.807, 2.05) is 32.0 Å². The second-order valence-electron chi connectivity index (χ2n) is 3.76. The molecule has 0 aliphatic rings. The van der Waals surface area contributed by atoms with Gasteiger partial charge in [-0.3, -0.25) is 0 Å². The van der Waals surface area contributed by atoms with E-state index in [4.69, 9.17) is 4.74 Å². The minimum atomic E-state index is 0.240. The molecule has 0 saturated carbocycles. The fourth-order valence-corrected chi connectivity index (χ4v) is 2.42. The molecule has 0 spiro atoms. The predicted molar refractivity (Wildman–Crippen MR) is 63.4 cm³/mol. The molecule has 0 saturated heterocycles. The van der Waals surface area contributed by atoms with E-state index in [0.29, 0.717) is 12.4 Å². The molecule has 0 bridgehead atoms. The average molecular weight is 222 g/mol. The highest BCUT2D eigenvalue weighted by atomic mass is 32.1. The van der Waals surface area contributed by atoms with E-state index in [0.717, 1.165) is 15.0 Å². The van der Waals surface area contributed by atoms with E-state index >= 15 is 0 Å². The minimum Gasteiger partial charge on any atom is -0.507 e. The summed E-state index contributed by atoms with van der Waals surface area (Å²) in [6.45, 7) is 4.66. The minimum absolute atomic E-state index is 0.240. The maximum Gasteiger partial charge on any atom is 0.124 e. The molecule has 1 heterocycles. The number of phenolic OH excluding ortho intramolecular Hbond substituents is 1. The summed E-state index contributed by atoms with van der Waals surface area (Å²) in [6.07, 6.45) is 0.240. The maximum atomic E-state index is 9.63. The largest absolute Gasteiger partial charge is 0.507 e. The van der Waals surface area contributed by atoms with E-state index in [2.05, 4.69) is 0 Å². The topological polar surface area (TPSA) is 29.5 Å². The van der Waals surface area contributed by atoms with Crippen LogP contribution in [0.2, 0.25) is 0 Å². The Bertz CT molecular complexity index is 460. The summed E-state index contributed by atoms with van der Waals surface area (Å²) >= 11 is 1.67. The van der Waals surface area contributed by atoms with E-state index in [9.17, 15) is 5.11 Å². The Morgan fingerprint density at radius 3 is 2.87 bits per heavy atom. The average Bonchev–Trinajstić information content (AvgIpc) is 2.59. The van der Waals surface area contributed by atoms with Gasteiger partial charge in [0.2, 0.25) is 0 Å². The van der Waals surface area contributed by atoms with Crippen LogP contribution in [0.4, 0.5) is 0 Å². The van der Waals surface area contributed by atoms with Crippen molar-refractivity contribution in [2.75, 3.05) is 0 Å². The molecule has 2 rings (SSSR count). The lowest BCUT2D eigenvalue weighted by Crippen LogP contribution is -2.00. The summed E-state index contributed by atoms with van der Waals surface area (Å²) in [7, 11) is 0. The van der Waals surface area contributed by atoms with Crippen molar-refractivity contribution in [1.29, 1.82) is 0 Å². The van der Waals surface area contributed by atoms with E-state index in [-0.39, 0.29) is 6.10 Å². The second-order valence-corrected chi connectivity index (χ2v) is 4.93. The van der Waals surface area contributed by atoms with Crippen LogP contribution in [0.15, 0.2) is 24.3 Å². The van der Waals surface area contributed by atoms with Crippen LogP contribution in [0.25, 0.3) is 10.1 Å². The van der Waals surface area contributed by atoms with E-state index < -0.39 is 0 Å². The van der Waals surface area contributed by atoms with Gasteiger partial charge < -0.3 is 9.84 Å². The smallest absolute Gasteiger partial charge is 0.124 e. The molecule has 0 unspecified atom stereocenters. The molecular formula is C12H14O2S. The van der Waals surface area contributed by atoms with Gasteiger partial charge in [0, 0.05) is 15.0 Å². The normalized spacial score (nSPS) is 11.4. The van der Waals surface area contributed by atoms with Crippen LogP contribution >= 0.6 is 11.3 Å². The van der Waals surface area contributed by atoms with Gasteiger partial charge >= 0.3 is 0 Å². The first-order valence-electron chi connectivity index (χ1n) is 4.99. The summed E-state index contributed by atoms with van der Waals surface area (Å²) in [5.74, 6) is 0.347. The number of hydrogen-bond acceptors (Lipinski definition) is 3. The molecule has 0 radical (unpaired) electrons. The van der Waals surface area contributed by atoms with E-state index in [1.54, 1.807) is 17.4 Å². The van der Waals surface area contributed by atoms with Crippen molar-refractivity contribution in [1.82, 2.24) is 0 Å². The molecule has 0 amide bonds. The summed E-state index contributed by atoms with van der Waals surface area (Å²) < 4.78 is 6.63. The molecule has 15 heavy (non-hydrogen) atoms. The zero-order valence-electron chi connectivity index (χ0n) is 8.86. The van der Waals surface area contributed by atoms with Crippen LogP contribution < -0.4 is 0 Å². The van der Waals surface area contributed by atoms with Gasteiger partial charge in [0.05, 0.1) is 12.7 Å². The Morgan fingerprint density at radius 2 is 2.20 bits per heavy atom. The molecule has 0 atom stereocenters. The first-order chi connectivity index (χ1) is 7.16. The summed E-state index contributed by atoms with van der Waals surface area (Å²) in [5.41, 5.74) is 0. The third-order valence-electron chi connectivity index (χ3n) is 2.15. The molecule has 0 fully saturated rings. The fourth-order valence-electron chi connectivity index (χ4n) is 1.42. The van der Waals surface area contributed by atoms with Crippen LogP contribution in [0.3, 0.4) is 0 Å². The first kappa shape index (κ1) is 10.5. The van der Waals surface area contributed by atoms with E-state index in [1.165, 1.54) is 0 Å². The van der Waals surface area contributed by atoms with Gasteiger partial charge in [0.1, 0.15) is 5.75 Å². The standard InChI is InChI=1S/C12H14O2S/c1-8(2)14-7-9-6-10-11(13)4-3-5-12(10)15-9/h3-6,8,13H,7H2,1-2H3. The number of hydrogen-bond donors (Lipinski definition) is 1. The monoisotopic (exact) mass is 222 g/mol. The highest BCUT2D eigenvalue weighted by Gasteiger charge is 2.05. The van der Waals surface area contributed by atoms with Gasteiger partial charge in [-0.1, -0.05) is 6.07 Å². The van der Waals surface area contributed by atoms with Crippen molar-refractivity contribution in [3.05, 3.63) is 29.1 Å². The summed E-state index contributed by atoms with van der Waals surface area (Å²) in [4.78, 5) is 1.15. The molecule has 80 valence electrons. The Kier molecular flexibility index (Phi) is 2.93. The molecule has 3 heteroatoms. The Hall–Kier alpha value is -1.06. The third kappa shape index (κ3) is 2.30. The highest BCUT2D eigenvalue weighted by molar-refractivity contribution is 7.19. The van der Waals surface area contributed by atoms with Gasteiger partial charge in [-0.25, -0.2) is 0 Å². The van der Waals surface area contributed by atoms with Crippen molar-refractivity contribution >= 4 is 21.4 Å². The number of phenols is 1. The zero-order chi connectivity index (χ0) is 10.8. The van der Waals surface area contributed by atoms with Crippen molar-refractivity contribution in [3.8, 4) is 5.75 Å². The lowest BCUT2D eigenvalue weighted by atomic mass is 10.2. The number of fused-ring (bicyclic) bond motifs is 1. The van der Waals surface area contributed by atoms with Crippen LogP contribution in [0.5, 0.6) is 5.75 Å². The second kappa shape index (κ2) is 4.21. The van der Waals surface area contributed by atoms with Gasteiger partial charge in [0.25, 0.3) is 0 Å². The molecule has 1 N–H and O–H groups in total. The number of rotatable bonds is 3. The third-order valence-corrected chi connectivity index (χ3v) is 3.22. The first-order valence-corrected chi connectivity index (χ1v) is 5.80. The molecule has 1 aromatic carbocycles. The predicted octanol–water partition coefficient (Wildman–Crippen LogP) is 3.53. The lowest BCUT2D eigenvalue weighted by molar-refractivity contribution is 0.0675. The molecule has 0 aliphatic carbocycles. The van der Waals surface area contributed by atoms with Crippen molar-refractivity contribution in [2.45, 2.75) is 26.6 Å². The summed E-state index contributed by atoms with van der Waals surface area (Å²) in [6, 6.07) is 7.58. The quantitative estimate of drug-likeness (QED) is 0.860. The van der Waals surface area contributed by atoms with Gasteiger partial charge in [-0.15, -0.1) is 11.3 Å². The van der Waals surface area contributed by atoms with Gasteiger partial charge in [-0.2, -0.15) is 0 Å². The van der Waals surface area contributed by atoms with Gasteiger partial charge in [0.15, 0.2) is 0 Å². The molecule has 2 nitrogen and oxygen atoms in total. The molecule has 2 aromatic rings. The van der Waals surface area contributed by atoms with Crippen molar-refractivity contribution in [3.63, 3.8) is 0 Å². The van der Waals surface area contributed by atoms with Crippen LogP contribution in [0.1, 0.15) is 18.7 Å². The van der Waals surface area contributed by atoms with Crippen LogP contribution in [-0.2, 0) is 11.3 Å². The van der Waals surface area contributed by atoms with Crippen molar-refractivity contribution in [2.24, 2.45) is 0 Å². The zero-order valence-corrected chi connectivity index (χ0v) is 9.67. The van der Waals surface area contributed by atoms with Crippen molar-refractivity contribution < 1.29 is 9.84 Å². The Balaban J connectivity index is 2.27. The van der Waals surface area contributed by atoms with Crippen LogP contribution in [0, 0.1) is 0 Å². The molecule has 1 aromatic heterocycles. The number of ether oxygens (including phenoxy) is 1. The molecule has 0 aliphatic heterocycles. The fraction of sp³-hybridized carbons (Fsp3) is 0.333. The number of benzene rings is 1. The number of aromatic hydroxyl groups is 1. The summed E-state index contributed by atoms with van der Waals surface area (Å²) in [5, 5.41) is 10.5. The Labute approximate surface area is 93.1 Å². The SMILES string of the molecule is CC(C)OCc1cc2c(O)cccc2s1. The lowest BCUT2D eigenvalue weighted by Gasteiger charge is -2.04. The molecular weight excluding hydrogens is 208 g/mol. The van der Waals surface area contributed by atoms with Gasteiger partial charge in [-0.05, 0) is 32.0 Å². The Morgan fingerprint density at radius 1 is 1.40 bits per heavy atom. The number of thiophene rings is 1. The maximum absolute atomic E-state index is 9.63. The highest BCUT2D eigenvalue weighted by Crippen LogP contribution is 2.32. The van der Waals surface area contributed by atoms with Crippen LogP contribution in [-0.4, -0.2) is 11.2 Å².